The molecule has 0 aromatic heterocycles. The summed E-state index contributed by atoms with van der Waals surface area (Å²) in [6, 6.07) is 0. The van der Waals surface area contributed by atoms with Crippen molar-refractivity contribution in [1.82, 2.24) is 0 Å². The number of unbranched alkanes of at least 4 members (excludes halogenated alkanes) is 27. The van der Waals surface area contributed by atoms with E-state index in [0.717, 1.165) is 6.54 Å². The van der Waals surface area contributed by atoms with E-state index in [0.29, 0.717) is 6.61 Å². The van der Waals surface area contributed by atoms with Gasteiger partial charge in [-0.15, -0.1) is 0 Å². The van der Waals surface area contributed by atoms with Crippen molar-refractivity contribution in [3.63, 3.8) is 0 Å². The van der Waals surface area contributed by atoms with E-state index < -0.39 is 0 Å². The Morgan fingerprint density at radius 2 is 0.488 bits per heavy atom. The summed E-state index contributed by atoms with van der Waals surface area (Å²) in [6.45, 7) is 12.2. The monoisotopic (exact) mass is 646 g/mol. The first kappa shape index (κ1) is 43.5. The van der Waals surface area contributed by atoms with Gasteiger partial charge < -0.3 is 26.6 Å². The minimum absolute atomic E-state index is 0. The van der Waals surface area contributed by atoms with Crippen LogP contribution in [0.15, 0.2) is 0 Å². The van der Waals surface area contributed by atoms with Crippen LogP contribution in [0.3, 0.4) is 0 Å². The Hall–Kier alpha value is 0.400. The highest BCUT2D eigenvalue weighted by Crippen LogP contribution is 2.19. The third kappa shape index (κ3) is 31.6. The van der Waals surface area contributed by atoms with Crippen molar-refractivity contribution in [2.45, 2.75) is 213 Å². The van der Waals surface area contributed by atoms with E-state index in [1.807, 2.05) is 0 Å². The van der Waals surface area contributed by atoms with Crippen molar-refractivity contribution in [3.05, 3.63) is 0 Å². The van der Waals surface area contributed by atoms with E-state index in [4.69, 9.17) is 0 Å². The third-order valence-corrected chi connectivity index (χ3v) is 9.53. The van der Waals surface area contributed by atoms with Crippen molar-refractivity contribution in [3.8, 4) is 0 Å². The van der Waals surface area contributed by atoms with E-state index in [1.54, 1.807) is 0 Å². The molecular formula is C38H80BrNO. The summed E-state index contributed by atoms with van der Waals surface area (Å²) in [5.41, 5.74) is 0. The van der Waals surface area contributed by atoms with Gasteiger partial charge in [-0.25, -0.2) is 0 Å². The highest BCUT2D eigenvalue weighted by atomic mass is 79.9. The third-order valence-electron chi connectivity index (χ3n) is 9.53. The molecule has 0 saturated carbocycles. The summed E-state index contributed by atoms with van der Waals surface area (Å²) < 4.78 is 1.21. The van der Waals surface area contributed by atoms with Crippen LogP contribution in [0, 0.1) is 0 Å². The number of hydrogen-bond donors (Lipinski definition) is 1. The van der Waals surface area contributed by atoms with Crippen LogP contribution in [-0.4, -0.2) is 42.4 Å². The van der Waals surface area contributed by atoms with Crippen LogP contribution < -0.4 is 17.0 Å². The van der Waals surface area contributed by atoms with E-state index in [-0.39, 0.29) is 17.0 Å². The summed E-state index contributed by atoms with van der Waals surface area (Å²) in [5.74, 6) is 0. The molecule has 0 fully saturated rings. The van der Waals surface area contributed by atoms with Gasteiger partial charge in [0.15, 0.2) is 0 Å². The number of nitrogens with zero attached hydrogens (tertiary/aromatic N) is 1. The summed E-state index contributed by atoms with van der Waals surface area (Å²) in [4.78, 5) is 0. The Bertz CT molecular complexity index is 398. The second-order valence-corrected chi connectivity index (χ2v) is 13.5. The van der Waals surface area contributed by atoms with E-state index in [9.17, 15) is 5.11 Å². The fourth-order valence-corrected chi connectivity index (χ4v) is 6.69. The van der Waals surface area contributed by atoms with Gasteiger partial charge >= 0.3 is 0 Å². The van der Waals surface area contributed by atoms with Crippen molar-refractivity contribution < 1.29 is 26.6 Å². The van der Waals surface area contributed by atoms with Gasteiger partial charge in [-0.05, 0) is 38.5 Å². The molecule has 0 aliphatic carbocycles. The Kier molecular flexibility index (Phi) is 38.8. The zero-order chi connectivity index (χ0) is 29.2. The van der Waals surface area contributed by atoms with Gasteiger partial charge in [0.05, 0.1) is 26.2 Å². The van der Waals surface area contributed by atoms with Crippen LogP contribution in [0.2, 0.25) is 0 Å². The van der Waals surface area contributed by atoms with Crippen molar-refractivity contribution in [2.24, 2.45) is 0 Å². The topological polar surface area (TPSA) is 20.2 Å². The minimum Gasteiger partial charge on any atom is -1.00 e. The number of hydrogen-bond acceptors (Lipinski definition) is 1. The van der Waals surface area contributed by atoms with Crippen molar-refractivity contribution in [2.75, 3.05) is 32.8 Å². The molecule has 0 radical (unpaired) electrons. The molecular weight excluding hydrogens is 566 g/mol. The van der Waals surface area contributed by atoms with E-state index >= 15 is 0 Å². The maximum atomic E-state index is 10.1. The molecule has 0 atom stereocenters. The maximum absolute atomic E-state index is 10.1. The van der Waals surface area contributed by atoms with E-state index in [1.165, 1.54) is 217 Å². The summed E-state index contributed by atoms with van der Waals surface area (Å²) in [7, 11) is 0. The predicted molar refractivity (Wildman–Crippen MR) is 182 cm³/mol. The Labute approximate surface area is 272 Å². The molecule has 0 aliphatic rings. The lowest BCUT2D eigenvalue weighted by Gasteiger charge is -2.39. The van der Waals surface area contributed by atoms with Gasteiger partial charge in [-0.3, -0.25) is 0 Å². The van der Waals surface area contributed by atoms with Gasteiger partial charge in [-0.2, -0.15) is 0 Å². The zero-order valence-electron chi connectivity index (χ0n) is 29.0. The molecule has 0 spiro atoms. The molecule has 0 aromatic rings. The molecule has 0 unspecified atom stereocenters. The molecule has 0 aliphatic heterocycles. The lowest BCUT2D eigenvalue weighted by Crippen LogP contribution is -3.00. The van der Waals surface area contributed by atoms with Gasteiger partial charge in [-0.1, -0.05) is 175 Å². The smallest absolute Gasteiger partial charge is 0.102 e. The first-order valence-electron chi connectivity index (χ1n) is 19.2. The Balaban J connectivity index is 0. The predicted octanol–water partition coefficient (Wildman–Crippen LogP) is 9.56. The number of aliphatic hydroxyl groups is 1. The molecule has 3 heteroatoms. The second kappa shape index (κ2) is 36.6. The molecule has 0 heterocycles. The summed E-state index contributed by atoms with van der Waals surface area (Å²) >= 11 is 0. The molecule has 2 nitrogen and oxygen atoms in total. The second-order valence-electron chi connectivity index (χ2n) is 13.5. The number of rotatable bonds is 35. The normalized spacial score (nSPS) is 11.7. The van der Waals surface area contributed by atoms with Gasteiger partial charge in [0.2, 0.25) is 0 Å². The van der Waals surface area contributed by atoms with Crippen LogP contribution in [0.1, 0.15) is 213 Å². The van der Waals surface area contributed by atoms with Crippen LogP contribution in [0.25, 0.3) is 0 Å². The molecule has 41 heavy (non-hydrogen) atoms. The minimum atomic E-state index is 0. The first-order chi connectivity index (χ1) is 19.7. The molecule has 0 saturated heterocycles. The lowest BCUT2D eigenvalue weighted by atomic mass is 10.0. The fourth-order valence-electron chi connectivity index (χ4n) is 6.69. The standard InChI is InChI=1S/C38H80NO.BrH/c1-4-7-10-13-16-19-22-25-28-31-34-39(37-38-40,35-32-29-26-23-20-17-14-11-8-5-2)36-33-30-27-24-21-18-15-12-9-6-3;/h40H,4-38H2,1-3H3;1H/q+1;/p-1. The molecule has 0 amide bonds. The number of quaternary nitrogens is 1. The highest BCUT2D eigenvalue weighted by Gasteiger charge is 2.25. The summed E-state index contributed by atoms with van der Waals surface area (Å²) in [6.07, 6.45) is 42.5. The maximum Gasteiger partial charge on any atom is 0.102 e. The van der Waals surface area contributed by atoms with E-state index in [2.05, 4.69) is 20.8 Å². The number of halogens is 1. The average molecular weight is 647 g/mol. The largest absolute Gasteiger partial charge is 1.00 e. The van der Waals surface area contributed by atoms with Crippen LogP contribution in [0.5, 0.6) is 0 Å². The van der Waals surface area contributed by atoms with Gasteiger partial charge in [0.1, 0.15) is 6.54 Å². The van der Waals surface area contributed by atoms with Crippen molar-refractivity contribution in [1.29, 1.82) is 0 Å². The summed E-state index contributed by atoms with van der Waals surface area (Å²) in [5, 5.41) is 10.1. The van der Waals surface area contributed by atoms with Crippen LogP contribution in [-0.2, 0) is 0 Å². The van der Waals surface area contributed by atoms with Gasteiger partial charge in [0.25, 0.3) is 0 Å². The average Bonchev–Trinajstić information content (AvgIpc) is 2.96. The van der Waals surface area contributed by atoms with Gasteiger partial charge in [0, 0.05) is 0 Å². The molecule has 0 aromatic carbocycles. The lowest BCUT2D eigenvalue weighted by molar-refractivity contribution is -0.929. The molecule has 0 rings (SSSR count). The Morgan fingerprint density at radius 3 is 0.683 bits per heavy atom. The van der Waals surface area contributed by atoms with Crippen molar-refractivity contribution >= 4 is 0 Å². The van der Waals surface area contributed by atoms with Crippen LogP contribution in [0.4, 0.5) is 0 Å². The Morgan fingerprint density at radius 1 is 0.293 bits per heavy atom. The van der Waals surface area contributed by atoms with Crippen LogP contribution >= 0.6 is 0 Å². The molecule has 250 valence electrons. The number of aliphatic hydroxyl groups excluding tert-OH is 1. The molecule has 1 N–H and O–H groups in total. The zero-order valence-corrected chi connectivity index (χ0v) is 30.6. The first-order valence-corrected chi connectivity index (χ1v) is 19.2. The fraction of sp³-hybridized carbons (Fsp3) is 1.00. The quantitative estimate of drug-likeness (QED) is 0.0537. The SMILES string of the molecule is CCCCCCCCCCCC[N+](CCO)(CCCCCCCCCCCC)CCCCCCCCCCCC.[Br-]. The molecule has 0 bridgehead atoms. The highest BCUT2D eigenvalue weighted by molar-refractivity contribution is 4.55.